The Bertz CT molecular complexity index is 383. The van der Waals surface area contributed by atoms with E-state index in [0.717, 1.165) is 10.8 Å². The third-order valence-electron chi connectivity index (χ3n) is 3.62. The standard InChI is InChI=1S/C17H26FIO/c1-3-4-5-6-7-10-13-20-17(2,14-19)15-11-8-9-12-16(15)18/h8-9,11-12H,3-7,10,13-14H2,1-2H3. The van der Waals surface area contributed by atoms with Crippen molar-refractivity contribution in [2.75, 3.05) is 11.0 Å². The Hall–Kier alpha value is -0.160. The number of benzene rings is 1. The van der Waals surface area contributed by atoms with Crippen LogP contribution in [0.3, 0.4) is 0 Å². The molecule has 0 N–H and O–H groups in total. The molecule has 0 aromatic heterocycles. The Morgan fingerprint density at radius 3 is 2.40 bits per heavy atom. The molecule has 0 saturated carbocycles. The van der Waals surface area contributed by atoms with Crippen molar-refractivity contribution in [3.8, 4) is 0 Å². The summed E-state index contributed by atoms with van der Waals surface area (Å²) in [4.78, 5) is 0. The van der Waals surface area contributed by atoms with E-state index in [0.29, 0.717) is 12.2 Å². The number of ether oxygens (including phenoxy) is 1. The summed E-state index contributed by atoms with van der Waals surface area (Å²) in [6.45, 7) is 4.91. The maximum atomic E-state index is 13.9. The molecule has 0 aliphatic heterocycles. The van der Waals surface area contributed by atoms with E-state index in [1.54, 1.807) is 6.07 Å². The number of alkyl halides is 1. The van der Waals surface area contributed by atoms with Crippen molar-refractivity contribution in [2.24, 2.45) is 0 Å². The fraction of sp³-hybridized carbons (Fsp3) is 0.647. The predicted octanol–water partition coefficient (Wildman–Crippen LogP) is 5.85. The lowest BCUT2D eigenvalue weighted by molar-refractivity contribution is -0.0196. The average Bonchev–Trinajstić information content (AvgIpc) is 2.46. The van der Waals surface area contributed by atoms with Crippen LogP contribution in [0.5, 0.6) is 0 Å². The first-order chi connectivity index (χ1) is 9.64. The maximum Gasteiger partial charge on any atom is 0.129 e. The summed E-state index contributed by atoms with van der Waals surface area (Å²) in [7, 11) is 0. The van der Waals surface area contributed by atoms with Crippen molar-refractivity contribution in [3.05, 3.63) is 35.6 Å². The lowest BCUT2D eigenvalue weighted by Crippen LogP contribution is -2.29. The van der Waals surface area contributed by atoms with E-state index >= 15 is 0 Å². The normalized spacial score (nSPS) is 14.2. The van der Waals surface area contributed by atoms with Gasteiger partial charge in [0, 0.05) is 16.6 Å². The minimum Gasteiger partial charge on any atom is -0.370 e. The molecule has 1 unspecified atom stereocenters. The van der Waals surface area contributed by atoms with Gasteiger partial charge in [0.2, 0.25) is 0 Å². The molecule has 114 valence electrons. The van der Waals surface area contributed by atoms with Gasteiger partial charge in [-0.05, 0) is 19.4 Å². The van der Waals surface area contributed by atoms with Gasteiger partial charge < -0.3 is 4.74 Å². The topological polar surface area (TPSA) is 9.23 Å². The molecule has 20 heavy (non-hydrogen) atoms. The second-order valence-corrected chi connectivity index (χ2v) is 6.22. The molecule has 1 nitrogen and oxygen atoms in total. The van der Waals surface area contributed by atoms with Crippen molar-refractivity contribution in [1.82, 2.24) is 0 Å². The van der Waals surface area contributed by atoms with E-state index in [4.69, 9.17) is 4.74 Å². The Morgan fingerprint density at radius 2 is 1.75 bits per heavy atom. The SMILES string of the molecule is CCCCCCCCOC(C)(CI)c1ccccc1F. The van der Waals surface area contributed by atoms with Crippen LogP contribution in [0.25, 0.3) is 0 Å². The van der Waals surface area contributed by atoms with Gasteiger partial charge >= 0.3 is 0 Å². The number of halogens is 2. The van der Waals surface area contributed by atoms with Crippen molar-refractivity contribution in [3.63, 3.8) is 0 Å². The molecule has 0 fully saturated rings. The number of hydrogen-bond donors (Lipinski definition) is 0. The highest BCUT2D eigenvalue weighted by molar-refractivity contribution is 14.1. The van der Waals surface area contributed by atoms with Crippen LogP contribution in [0.15, 0.2) is 24.3 Å². The third kappa shape index (κ3) is 5.68. The van der Waals surface area contributed by atoms with Gasteiger partial charge in [-0.1, -0.05) is 79.8 Å². The van der Waals surface area contributed by atoms with Crippen molar-refractivity contribution < 1.29 is 9.13 Å². The molecule has 0 amide bonds. The molecular formula is C17H26FIO. The zero-order valence-electron chi connectivity index (χ0n) is 12.6. The second kappa shape index (κ2) is 9.72. The smallest absolute Gasteiger partial charge is 0.129 e. The molecule has 0 heterocycles. The number of rotatable bonds is 10. The summed E-state index contributed by atoms with van der Waals surface area (Å²) in [5, 5.41) is 0. The quantitative estimate of drug-likeness (QED) is 0.276. The van der Waals surface area contributed by atoms with Gasteiger partial charge in [0.25, 0.3) is 0 Å². The van der Waals surface area contributed by atoms with E-state index in [9.17, 15) is 4.39 Å². The van der Waals surface area contributed by atoms with E-state index in [1.165, 1.54) is 38.2 Å². The molecule has 0 saturated heterocycles. The van der Waals surface area contributed by atoms with Crippen LogP contribution >= 0.6 is 22.6 Å². The van der Waals surface area contributed by atoms with Gasteiger partial charge in [0.1, 0.15) is 11.4 Å². The molecule has 0 radical (unpaired) electrons. The zero-order chi connectivity index (χ0) is 14.8. The van der Waals surface area contributed by atoms with Crippen molar-refractivity contribution in [2.45, 2.75) is 58.0 Å². The van der Waals surface area contributed by atoms with E-state index < -0.39 is 5.60 Å². The van der Waals surface area contributed by atoms with Gasteiger partial charge in [-0.3, -0.25) is 0 Å². The molecule has 1 aromatic carbocycles. The van der Waals surface area contributed by atoms with Crippen LogP contribution in [-0.4, -0.2) is 11.0 Å². The van der Waals surface area contributed by atoms with Crippen LogP contribution in [-0.2, 0) is 10.3 Å². The molecular weight excluding hydrogens is 366 g/mol. The van der Waals surface area contributed by atoms with Crippen LogP contribution in [0, 0.1) is 5.82 Å². The van der Waals surface area contributed by atoms with Crippen LogP contribution in [0.2, 0.25) is 0 Å². The van der Waals surface area contributed by atoms with E-state index in [1.807, 2.05) is 19.1 Å². The number of hydrogen-bond acceptors (Lipinski definition) is 1. The molecule has 3 heteroatoms. The minimum absolute atomic E-state index is 0.172. The monoisotopic (exact) mass is 392 g/mol. The maximum absolute atomic E-state index is 13.9. The third-order valence-corrected chi connectivity index (χ3v) is 5.07. The molecule has 1 aromatic rings. The van der Waals surface area contributed by atoms with Gasteiger partial charge in [-0.2, -0.15) is 0 Å². The van der Waals surface area contributed by atoms with Gasteiger partial charge in [0.15, 0.2) is 0 Å². The molecule has 0 aliphatic carbocycles. The highest BCUT2D eigenvalue weighted by Gasteiger charge is 2.28. The first-order valence-corrected chi connectivity index (χ1v) is 9.11. The fourth-order valence-corrected chi connectivity index (χ4v) is 2.89. The number of unbranched alkanes of at least 4 members (excludes halogenated alkanes) is 5. The van der Waals surface area contributed by atoms with Gasteiger partial charge in [0.05, 0.1) is 0 Å². The largest absolute Gasteiger partial charge is 0.370 e. The Labute approximate surface area is 136 Å². The van der Waals surface area contributed by atoms with Crippen molar-refractivity contribution >= 4 is 22.6 Å². The first kappa shape index (κ1) is 17.9. The molecule has 0 aliphatic rings. The molecule has 1 atom stereocenters. The summed E-state index contributed by atoms with van der Waals surface area (Å²) in [6, 6.07) is 6.93. The summed E-state index contributed by atoms with van der Waals surface area (Å²) in [5.74, 6) is -0.172. The Morgan fingerprint density at radius 1 is 1.10 bits per heavy atom. The minimum atomic E-state index is -0.519. The van der Waals surface area contributed by atoms with Crippen molar-refractivity contribution in [1.29, 1.82) is 0 Å². The highest BCUT2D eigenvalue weighted by atomic mass is 127. The van der Waals surface area contributed by atoms with Crippen LogP contribution in [0.4, 0.5) is 4.39 Å². The lowest BCUT2D eigenvalue weighted by atomic mass is 9.97. The lowest BCUT2D eigenvalue weighted by Gasteiger charge is -2.29. The summed E-state index contributed by atoms with van der Waals surface area (Å²) in [5.41, 5.74) is 0.148. The van der Waals surface area contributed by atoms with Crippen LogP contribution in [0.1, 0.15) is 57.9 Å². The summed E-state index contributed by atoms with van der Waals surface area (Å²) < 4.78 is 20.7. The average molecular weight is 392 g/mol. The van der Waals surface area contributed by atoms with E-state index in [-0.39, 0.29) is 5.82 Å². The molecule has 1 rings (SSSR count). The predicted molar refractivity (Wildman–Crippen MR) is 92.0 cm³/mol. The Kier molecular flexibility index (Phi) is 8.69. The fourth-order valence-electron chi connectivity index (χ4n) is 2.26. The molecule has 0 spiro atoms. The Balaban J connectivity index is 2.40. The van der Waals surface area contributed by atoms with Crippen LogP contribution < -0.4 is 0 Å². The second-order valence-electron chi connectivity index (χ2n) is 5.46. The zero-order valence-corrected chi connectivity index (χ0v) is 14.8. The summed E-state index contributed by atoms with van der Waals surface area (Å²) in [6.07, 6.45) is 7.45. The first-order valence-electron chi connectivity index (χ1n) is 7.59. The van der Waals surface area contributed by atoms with Gasteiger partial charge in [-0.25, -0.2) is 4.39 Å². The van der Waals surface area contributed by atoms with E-state index in [2.05, 4.69) is 29.5 Å². The summed E-state index contributed by atoms with van der Waals surface area (Å²) >= 11 is 2.27. The van der Waals surface area contributed by atoms with Gasteiger partial charge in [-0.15, -0.1) is 0 Å². The molecule has 0 bridgehead atoms. The highest BCUT2D eigenvalue weighted by Crippen LogP contribution is 2.30.